The maximum absolute atomic E-state index is 5.81. The van der Waals surface area contributed by atoms with Crippen LogP contribution in [0.15, 0.2) is 0 Å². The van der Waals surface area contributed by atoms with Crippen molar-refractivity contribution in [2.24, 2.45) is 59.2 Å². The van der Waals surface area contributed by atoms with E-state index < -0.39 is 0 Å². The molecule has 0 aromatic rings. The molecule has 0 aliphatic heterocycles. The molecule has 2 atom stereocenters. The Morgan fingerprint density at radius 3 is 1.09 bits per heavy atom. The van der Waals surface area contributed by atoms with Gasteiger partial charge in [0.1, 0.15) is 0 Å². The highest BCUT2D eigenvalue weighted by Gasteiger charge is 2.16. The first-order valence-corrected chi connectivity index (χ1v) is 23.6. The van der Waals surface area contributed by atoms with Gasteiger partial charge in [0.25, 0.3) is 0 Å². The summed E-state index contributed by atoms with van der Waals surface area (Å²) in [6.45, 7) is 43.4. The Morgan fingerprint density at radius 1 is 0.348 bits per heavy atom. The van der Waals surface area contributed by atoms with Crippen LogP contribution in [0, 0.1) is 59.2 Å². The SMILES string of the molecule is CC(C)COCC(CSCC(C)C)SCC(C)C.CC(C)CSC(CC(C)C)CC(C)C.CC(C)CSCC(CC(C)C)C(C)C. The Labute approximate surface area is 311 Å². The van der Waals surface area contributed by atoms with Gasteiger partial charge in [-0.05, 0) is 107 Å². The maximum Gasteiger partial charge on any atom is 0.0593 e. The summed E-state index contributed by atoms with van der Waals surface area (Å²) in [6, 6.07) is 0. The van der Waals surface area contributed by atoms with Crippen LogP contribution in [0.5, 0.6) is 0 Å². The molecule has 0 aliphatic rings. The molecule has 0 rings (SSSR count). The van der Waals surface area contributed by atoms with Gasteiger partial charge in [-0.15, -0.1) is 0 Å². The van der Waals surface area contributed by atoms with Crippen molar-refractivity contribution in [2.75, 3.05) is 47.7 Å². The van der Waals surface area contributed by atoms with Gasteiger partial charge in [0, 0.05) is 22.9 Å². The molecular weight excluding hydrogens is 637 g/mol. The highest BCUT2D eigenvalue weighted by atomic mass is 32.2. The van der Waals surface area contributed by atoms with E-state index in [1.165, 1.54) is 53.8 Å². The first-order chi connectivity index (χ1) is 21.3. The van der Waals surface area contributed by atoms with Crippen molar-refractivity contribution < 1.29 is 4.74 Å². The predicted octanol–water partition coefficient (Wildman–Crippen LogP) is 14.3. The molecule has 0 aromatic carbocycles. The van der Waals surface area contributed by atoms with Gasteiger partial charge in [-0.3, -0.25) is 0 Å². The van der Waals surface area contributed by atoms with Crippen LogP contribution in [0.3, 0.4) is 0 Å². The van der Waals surface area contributed by atoms with Crippen molar-refractivity contribution in [1.82, 2.24) is 0 Å². The Balaban J connectivity index is -0.000000610. The third-order valence-corrected chi connectivity index (χ3v) is 13.5. The van der Waals surface area contributed by atoms with Crippen LogP contribution >= 0.6 is 47.0 Å². The average Bonchev–Trinajstić information content (AvgIpc) is 2.88. The van der Waals surface area contributed by atoms with E-state index in [9.17, 15) is 0 Å². The van der Waals surface area contributed by atoms with Crippen molar-refractivity contribution in [3.63, 3.8) is 0 Å². The van der Waals surface area contributed by atoms with Crippen LogP contribution in [-0.2, 0) is 4.74 Å². The summed E-state index contributed by atoms with van der Waals surface area (Å²) in [5, 5.41) is 1.55. The monoisotopic (exact) mass is 725 g/mol. The van der Waals surface area contributed by atoms with E-state index in [-0.39, 0.29) is 0 Å². The summed E-state index contributed by atoms with van der Waals surface area (Å²) < 4.78 is 5.81. The van der Waals surface area contributed by atoms with Crippen LogP contribution in [0.25, 0.3) is 0 Å². The van der Waals surface area contributed by atoms with Crippen LogP contribution < -0.4 is 0 Å². The summed E-state index contributed by atoms with van der Waals surface area (Å²) in [7, 11) is 0. The standard InChI is InChI=1S/C15H32OS2.2C13H28S/c1-12(2)7-16-8-15(18-10-14(5)6)11-17-9-13(3)4;1-10(2)7-13(12(5)6)9-14-8-11(3)4;1-10(2)7-13(8-11(3)4)14-9-12(5)6/h12-15H,7-11H2,1-6H3;2*10-13H,7-9H2,1-6H3. The average molecular weight is 725 g/mol. The van der Waals surface area contributed by atoms with Gasteiger partial charge in [0.05, 0.1) is 6.61 Å². The minimum Gasteiger partial charge on any atom is -0.380 e. The van der Waals surface area contributed by atoms with Crippen LogP contribution in [0.2, 0.25) is 0 Å². The number of rotatable bonds is 25. The second-order valence-electron chi connectivity index (χ2n) is 17.4. The molecule has 46 heavy (non-hydrogen) atoms. The largest absolute Gasteiger partial charge is 0.380 e. The smallest absolute Gasteiger partial charge is 0.0593 e. The number of hydrogen-bond acceptors (Lipinski definition) is 5. The Morgan fingerprint density at radius 2 is 0.739 bits per heavy atom. The normalized spacial score (nSPS) is 13.6. The number of ether oxygens (including phenoxy) is 1. The van der Waals surface area contributed by atoms with Crippen molar-refractivity contribution in [3.05, 3.63) is 0 Å². The molecule has 0 N–H and O–H groups in total. The lowest BCUT2D eigenvalue weighted by Gasteiger charge is -2.22. The molecule has 0 radical (unpaired) electrons. The van der Waals surface area contributed by atoms with Gasteiger partial charge in [-0.1, -0.05) is 125 Å². The lowest BCUT2D eigenvalue weighted by Crippen LogP contribution is -2.19. The fourth-order valence-electron chi connectivity index (χ4n) is 4.55. The van der Waals surface area contributed by atoms with Crippen LogP contribution in [0.4, 0.5) is 0 Å². The Bertz CT molecular complexity index is 577. The molecule has 0 saturated heterocycles. The second-order valence-corrected chi connectivity index (χ2v) is 22.2. The molecular formula is C41H88OS4. The third kappa shape index (κ3) is 43.4. The minimum absolute atomic E-state index is 0.643. The van der Waals surface area contributed by atoms with Gasteiger partial charge in [0.2, 0.25) is 0 Å². The van der Waals surface area contributed by atoms with Gasteiger partial charge in [-0.2, -0.15) is 47.0 Å². The van der Waals surface area contributed by atoms with E-state index in [4.69, 9.17) is 4.74 Å². The number of thioether (sulfide) groups is 4. The lowest BCUT2D eigenvalue weighted by molar-refractivity contribution is 0.114. The van der Waals surface area contributed by atoms with E-state index in [0.29, 0.717) is 11.2 Å². The van der Waals surface area contributed by atoms with Crippen LogP contribution in [0.1, 0.15) is 144 Å². The van der Waals surface area contributed by atoms with Crippen molar-refractivity contribution in [1.29, 1.82) is 0 Å². The molecule has 282 valence electrons. The zero-order chi connectivity index (χ0) is 36.2. The molecule has 0 aliphatic carbocycles. The molecule has 0 fully saturated rings. The first-order valence-electron chi connectivity index (χ1n) is 19.2. The first kappa shape index (κ1) is 51.7. The quantitative estimate of drug-likeness (QED) is 0.0924. The summed E-state index contributed by atoms with van der Waals surface area (Å²) in [5.41, 5.74) is 0. The van der Waals surface area contributed by atoms with Crippen molar-refractivity contribution in [3.8, 4) is 0 Å². The van der Waals surface area contributed by atoms with Crippen molar-refractivity contribution in [2.45, 2.75) is 154 Å². The van der Waals surface area contributed by atoms with Gasteiger partial charge in [-0.25, -0.2) is 0 Å². The summed E-state index contributed by atoms with van der Waals surface area (Å²) in [6.07, 6.45) is 4.16. The minimum atomic E-state index is 0.643. The molecule has 0 aromatic heterocycles. The number of hydrogen-bond donors (Lipinski definition) is 0. The zero-order valence-electron chi connectivity index (χ0n) is 34.7. The summed E-state index contributed by atoms with van der Waals surface area (Å²) in [5.74, 6) is 15.9. The predicted molar refractivity (Wildman–Crippen MR) is 229 cm³/mol. The zero-order valence-corrected chi connectivity index (χ0v) is 38.0. The lowest BCUT2D eigenvalue weighted by atomic mass is 9.89. The van der Waals surface area contributed by atoms with Crippen LogP contribution in [-0.4, -0.2) is 58.2 Å². The highest BCUT2D eigenvalue weighted by Crippen LogP contribution is 2.27. The van der Waals surface area contributed by atoms with Gasteiger partial charge < -0.3 is 4.74 Å². The molecule has 1 nitrogen and oxygen atoms in total. The van der Waals surface area contributed by atoms with E-state index in [1.54, 1.807) is 0 Å². The molecule has 0 amide bonds. The summed E-state index contributed by atoms with van der Waals surface area (Å²) in [4.78, 5) is 0. The summed E-state index contributed by atoms with van der Waals surface area (Å²) >= 11 is 8.49. The van der Waals surface area contributed by atoms with E-state index in [1.807, 2.05) is 0 Å². The molecule has 2 unspecified atom stereocenters. The topological polar surface area (TPSA) is 9.23 Å². The molecule has 0 saturated carbocycles. The highest BCUT2D eigenvalue weighted by molar-refractivity contribution is 8.03. The Kier molecular flexibility index (Phi) is 37.7. The molecule has 0 heterocycles. The van der Waals surface area contributed by atoms with E-state index in [0.717, 1.165) is 71.7 Å². The molecule has 0 bridgehead atoms. The molecule has 0 spiro atoms. The second kappa shape index (κ2) is 33.5. The fourth-order valence-corrected chi connectivity index (χ4v) is 10.2. The van der Waals surface area contributed by atoms with Gasteiger partial charge in [0.15, 0.2) is 0 Å². The fraction of sp³-hybridized carbons (Fsp3) is 1.00. The third-order valence-electron chi connectivity index (χ3n) is 6.81. The Hall–Kier alpha value is 1.36. The molecule has 5 heteroatoms. The van der Waals surface area contributed by atoms with E-state index in [2.05, 4.69) is 172 Å². The maximum atomic E-state index is 5.81. The van der Waals surface area contributed by atoms with E-state index >= 15 is 0 Å². The van der Waals surface area contributed by atoms with Crippen molar-refractivity contribution >= 4 is 47.0 Å². The van der Waals surface area contributed by atoms with Gasteiger partial charge >= 0.3 is 0 Å².